The number of rotatable bonds is 12. The van der Waals surface area contributed by atoms with E-state index in [9.17, 15) is 0 Å². The molecule has 0 N–H and O–H groups in total. The Balaban J connectivity index is 1.60. The molecular formula is C56H78N4P2. The molecule has 4 aromatic carbocycles. The van der Waals surface area contributed by atoms with Crippen molar-refractivity contribution in [3.05, 3.63) is 127 Å². The summed E-state index contributed by atoms with van der Waals surface area (Å²) in [5.74, 6) is 6.33. The largest absolute Gasteiger partial charge is 0.324 e. The highest BCUT2D eigenvalue weighted by Crippen LogP contribution is 2.47. The smallest absolute Gasteiger partial charge is 0.128 e. The molecule has 2 aliphatic rings. The number of nitrogens with zero attached hydrogens (tertiary/aromatic N) is 4. The van der Waals surface area contributed by atoms with Gasteiger partial charge in [0, 0.05) is 48.9 Å². The lowest BCUT2D eigenvalue weighted by Crippen LogP contribution is -2.34. The van der Waals surface area contributed by atoms with Gasteiger partial charge in [-0.3, -0.25) is 0 Å². The van der Waals surface area contributed by atoms with Gasteiger partial charge in [0.2, 0.25) is 0 Å². The van der Waals surface area contributed by atoms with E-state index >= 15 is 0 Å². The van der Waals surface area contributed by atoms with Gasteiger partial charge in [-0.25, -0.2) is 0 Å². The third kappa shape index (κ3) is 8.46. The Labute approximate surface area is 379 Å². The van der Waals surface area contributed by atoms with Gasteiger partial charge in [0.25, 0.3) is 0 Å². The Morgan fingerprint density at radius 3 is 0.597 bits per heavy atom. The van der Waals surface area contributed by atoms with Crippen LogP contribution in [0.1, 0.15) is 203 Å². The van der Waals surface area contributed by atoms with Crippen molar-refractivity contribution >= 4 is 50.8 Å². The Morgan fingerprint density at radius 2 is 0.452 bits per heavy atom. The van der Waals surface area contributed by atoms with Crippen molar-refractivity contribution in [2.45, 2.75) is 158 Å². The van der Waals surface area contributed by atoms with Gasteiger partial charge in [0.1, 0.15) is 11.6 Å². The lowest BCUT2D eigenvalue weighted by molar-refractivity contribution is 0.821. The summed E-state index contributed by atoms with van der Waals surface area (Å²) in [7, 11) is 1.26. The van der Waals surface area contributed by atoms with E-state index < -0.39 is 0 Å². The fourth-order valence-electron chi connectivity index (χ4n) is 10.3. The maximum atomic E-state index is 2.79. The number of para-hydroxylation sites is 4. The molecule has 0 atom stereocenters. The zero-order valence-electron chi connectivity index (χ0n) is 41.2. The molecule has 2 fully saturated rings. The summed E-state index contributed by atoms with van der Waals surface area (Å²) in [5.41, 5.74) is 17.5. The summed E-state index contributed by atoms with van der Waals surface area (Å²) in [6, 6.07) is 28.5. The molecule has 3 heterocycles. The molecule has 62 heavy (non-hydrogen) atoms. The van der Waals surface area contributed by atoms with Gasteiger partial charge in [0.15, 0.2) is 0 Å². The van der Waals surface area contributed by atoms with E-state index in [1.165, 1.54) is 78.9 Å². The molecule has 0 spiro atoms. The van der Waals surface area contributed by atoms with Crippen molar-refractivity contribution < 1.29 is 0 Å². The molecule has 0 bridgehead atoms. The van der Waals surface area contributed by atoms with Crippen LogP contribution in [0.3, 0.4) is 0 Å². The van der Waals surface area contributed by atoms with Gasteiger partial charge >= 0.3 is 0 Å². The highest BCUT2D eigenvalue weighted by Gasteiger charge is 2.38. The second kappa shape index (κ2) is 18.7. The summed E-state index contributed by atoms with van der Waals surface area (Å²) < 4.78 is 3.25. The fourth-order valence-corrected chi connectivity index (χ4v) is 13.4. The quantitative estimate of drug-likeness (QED) is 0.124. The molecule has 0 aliphatic carbocycles. The third-order valence-corrected chi connectivity index (χ3v) is 16.9. The minimum Gasteiger partial charge on any atom is -0.324 e. The van der Waals surface area contributed by atoms with Crippen LogP contribution < -0.4 is 29.0 Å². The minimum absolute atomic E-state index is 0.426. The topological polar surface area (TPSA) is 13.0 Å². The van der Waals surface area contributed by atoms with Crippen molar-refractivity contribution in [1.82, 2.24) is 0 Å². The average molecular weight is 869 g/mol. The molecule has 6 heteroatoms. The van der Waals surface area contributed by atoms with Crippen LogP contribution in [0.25, 0.3) is 11.6 Å². The SMILES string of the molecule is CC(C)c1cccc(C(C)C)c1N1CCN(c2c(C(C)C)cccc2C(C)C)C1=c1[pH]c(=C2N(c3c(C(C)C)cccc3C(C)C)CCN2c2c(C(C)C)cccc2C(C)C)[pH]1. The molecular weight excluding hydrogens is 791 g/mol. The molecule has 2 saturated heterocycles. The van der Waals surface area contributed by atoms with Crippen LogP contribution in [0.15, 0.2) is 72.8 Å². The first-order valence-corrected chi connectivity index (χ1v) is 26.1. The van der Waals surface area contributed by atoms with Crippen molar-refractivity contribution in [1.29, 1.82) is 0 Å². The normalized spacial score (nSPS) is 15.4. The second-order valence-electron chi connectivity index (χ2n) is 20.6. The molecule has 0 saturated carbocycles. The molecule has 2 aliphatic heterocycles. The van der Waals surface area contributed by atoms with Crippen LogP contribution in [0, 0.1) is 0 Å². The molecule has 7 rings (SSSR count). The lowest BCUT2D eigenvalue weighted by Gasteiger charge is -2.34. The van der Waals surface area contributed by atoms with Gasteiger partial charge in [-0.1, -0.05) is 184 Å². The summed E-state index contributed by atoms with van der Waals surface area (Å²) >= 11 is 0. The molecule has 0 radical (unpaired) electrons. The van der Waals surface area contributed by atoms with Crippen molar-refractivity contribution in [2.24, 2.45) is 0 Å². The Kier molecular flexibility index (Phi) is 13.9. The molecule has 332 valence electrons. The van der Waals surface area contributed by atoms with Gasteiger partial charge in [0.05, 0.1) is 9.36 Å². The maximum Gasteiger partial charge on any atom is 0.128 e. The lowest BCUT2D eigenvalue weighted by atomic mass is 9.91. The van der Waals surface area contributed by atoms with E-state index in [0.717, 1.165) is 26.2 Å². The van der Waals surface area contributed by atoms with Gasteiger partial charge in [-0.15, -0.1) is 16.4 Å². The Hall–Kier alpha value is -3.84. The Morgan fingerprint density at radius 1 is 0.290 bits per heavy atom. The minimum atomic E-state index is 0.426. The van der Waals surface area contributed by atoms with Gasteiger partial charge in [-0.2, -0.15) is 0 Å². The van der Waals surface area contributed by atoms with Crippen molar-refractivity contribution in [2.75, 3.05) is 45.8 Å². The first-order valence-electron chi connectivity index (χ1n) is 24.1. The molecule has 0 unspecified atom stereocenters. The summed E-state index contributed by atoms with van der Waals surface area (Å²) in [4.78, 5) is 11.2. The number of anilines is 4. The fraction of sp³-hybridized carbons (Fsp3) is 0.500. The predicted octanol–water partition coefficient (Wildman–Crippen LogP) is 14.9. The molecule has 1 aromatic heterocycles. The monoisotopic (exact) mass is 869 g/mol. The van der Waals surface area contributed by atoms with E-state index in [1.54, 1.807) is 9.36 Å². The van der Waals surface area contributed by atoms with E-state index in [-0.39, 0.29) is 0 Å². The van der Waals surface area contributed by atoms with Gasteiger partial charge in [-0.05, 0) is 91.9 Å². The number of hydrogen-bond donors (Lipinski definition) is 0. The third-order valence-electron chi connectivity index (χ3n) is 13.5. The number of hydrogen-bond acceptors (Lipinski definition) is 4. The van der Waals surface area contributed by atoms with Crippen molar-refractivity contribution in [3.8, 4) is 0 Å². The number of benzene rings is 4. The van der Waals surface area contributed by atoms with Gasteiger partial charge < -0.3 is 19.6 Å². The molecule has 5 aromatic rings. The van der Waals surface area contributed by atoms with Crippen LogP contribution in [0.2, 0.25) is 0 Å². The van der Waals surface area contributed by atoms with Crippen LogP contribution in [-0.4, -0.2) is 26.2 Å². The van der Waals surface area contributed by atoms with E-state index in [1.807, 2.05) is 0 Å². The summed E-state index contributed by atoms with van der Waals surface area (Å²) in [6.45, 7) is 42.1. The first-order chi connectivity index (χ1) is 29.4. The standard InChI is InChI=1S/C56H78N4P2/c1-33(2)41-21-17-22-42(34(3)4)49(41)57-29-30-58(50-43(35(5)6)23-18-24-44(50)36(7)8)53(57)55-61-56(62-55)54-59(51-45(37(9)10)25-19-26-46(51)38(11)12)31-32-60(54)52-47(39(13)14)27-20-28-48(52)40(15)16/h17-28,33-40,61-62H,29-32H2,1-16H3. The zero-order chi connectivity index (χ0) is 44.9. The van der Waals surface area contributed by atoms with Crippen LogP contribution >= 0.6 is 16.4 Å². The van der Waals surface area contributed by atoms with E-state index in [0.29, 0.717) is 63.7 Å². The zero-order valence-corrected chi connectivity index (χ0v) is 43.2. The maximum absolute atomic E-state index is 2.79. The molecule has 4 nitrogen and oxygen atoms in total. The highest BCUT2D eigenvalue weighted by molar-refractivity contribution is 7.55. The Bertz CT molecular complexity index is 2050. The summed E-state index contributed by atoms with van der Waals surface area (Å²) in [5, 5.41) is 0. The van der Waals surface area contributed by atoms with Crippen LogP contribution in [0.5, 0.6) is 0 Å². The first kappa shape index (κ1) is 46.2. The highest BCUT2D eigenvalue weighted by atomic mass is 31.1. The molecule has 0 amide bonds. The average Bonchev–Trinajstić information content (AvgIpc) is 3.83. The van der Waals surface area contributed by atoms with Crippen LogP contribution in [0.4, 0.5) is 22.7 Å². The summed E-state index contributed by atoms with van der Waals surface area (Å²) in [6.07, 6.45) is 0. The van der Waals surface area contributed by atoms with E-state index in [2.05, 4.69) is 203 Å². The van der Waals surface area contributed by atoms with E-state index in [4.69, 9.17) is 0 Å². The second-order valence-corrected chi connectivity index (χ2v) is 24.1. The van der Waals surface area contributed by atoms with Crippen molar-refractivity contribution in [3.63, 3.8) is 0 Å². The predicted molar refractivity (Wildman–Crippen MR) is 279 cm³/mol. The van der Waals surface area contributed by atoms with Crippen LogP contribution in [-0.2, 0) is 0 Å².